The number of rotatable bonds is 10. The van der Waals surface area contributed by atoms with E-state index in [4.69, 9.17) is 14.5 Å². The second-order valence-electron chi connectivity index (χ2n) is 8.52. The van der Waals surface area contributed by atoms with E-state index in [1.165, 1.54) is 6.92 Å². The van der Waals surface area contributed by atoms with Crippen LogP contribution in [0.4, 0.5) is 13.2 Å². The Morgan fingerprint density at radius 2 is 1.88 bits per heavy atom. The SMILES string of the molecule is C=CC(=O)OCC(C)(COc1ccc2cc(-c3ccc(CC)nc3CC)sc2c1)CC(F)(F)F. The molecule has 0 aliphatic heterocycles. The lowest BCUT2D eigenvalue weighted by Gasteiger charge is -2.29. The van der Waals surface area contributed by atoms with Crippen LogP contribution in [-0.2, 0) is 22.4 Å². The molecule has 34 heavy (non-hydrogen) atoms. The van der Waals surface area contributed by atoms with E-state index in [2.05, 4.69) is 32.6 Å². The minimum atomic E-state index is -4.43. The number of thiophene rings is 1. The molecule has 0 aliphatic carbocycles. The molecule has 1 atom stereocenters. The number of carbonyl (C=O) groups excluding carboxylic acids is 1. The largest absolute Gasteiger partial charge is 0.493 e. The first-order valence-corrected chi connectivity index (χ1v) is 11.9. The van der Waals surface area contributed by atoms with Gasteiger partial charge in [0.1, 0.15) is 12.4 Å². The quantitative estimate of drug-likeness (QED) is 0.223. The van der Waals surface area contributed by atoms with Gasteiger partial charge in [0, 0.05) is 38.0 Å². The molecule has 0 saturated heterocycles. The number of hydrogen-bond donors (Lipinski definition) is 0. The third-order valence-electron chi connectivity index (χ3n) is 5.43. The minimum Gasteiger partial charge on any atom is -0.493 e. The molecule has 0 amide bonds. The molecular weight excluding hydrogens is 463 g/mol. The molecular formula is C26H28F3NO3S. The van der Waals surface area contributed by atoms with Gasteiger partial charge in [-0.25, -0.2) is 4.79 Å². The Labute approximate surface area is 201 Å². The summed E-state index contributed by atoms with van der Waals surface area (Å²) in [5, 5.41) is 1.02. The van der Waals surface area contributed by atoms with Crippen LogP contribution in [0.15, 0.2) is 49.1 Å². The van der Waals surface area contributed by atoms with Crippen molar-refractivity contribution in [3.63, 3.8) is 0 Å². The number of esters is 1. The molecule has 1 unspecified atom stereocenters. The van der Waals surface area contributed by atoms with Crippen LogP contribution in [0.1, 0.15) is 38.6 Å². The van der Waals surface area contributed by atoms with Crippen molar-refractivity contribution in [3.05, 3.63) is 60.4 Å². The summed E-state index contributed by atoms with van der Waals surface area (Å²) in [7, 11) is 0. The minimum absolute atomic E-state index is 0.261. The summed E-state index contributed by atoms with van der Waals surface area (Å²) in [4.78, 5) is 17.2. The van der Waals surface area contributed by atoms with Crippen LogP contribution < -0.4 is 4.74 Å². The van der Waals surface area contributed by atoms with Crippen molar-refractivity contribution in [1.82, 2.24) is 4.98 Å². The number of halogens is 3. The number of alkyl halides is 3. The molecule has 2 aromatic heterocycles. The molecule has 3 rings (SSSR count). The molecule has 0 N–H and O–H groups in total. The maximum Gasteiger partial charge on any atom is 0.389 e. The van der Waals surface area contributed by atoms with Crippen molar-refractivity contribution in [2.45, 2.75) is 46.2 Å². The average molecular weight is 492 g/mol. The van der Waals surface area contributed by atoms with E-state index >= 15 is 0 Å². The Balaban J connectivity index is 1.81. The predicted molar refractivity (Wildman–Crippen MR) is 129 cm³/mol. The van der Waals surface area contributed by atoms with Gasteiger partial charge in [-0.3, -0.25) is 4.98 Å². The molecule has 0 radical (unpaired) electrons. The Kier molecular flexibility index (Phi) is 8.02. The van der Waals surface area contributed by atoms with E-state index < -0.39 is 30.6 Å². The number of aryl methyl sites for hydroxylation is 2. The van der Waals surface area contributed by atoms with Gasteiger partial charge < -0.3 is 9.47 Å². The van der Waals surface area contributed by atoms with Gasteiger partial charge in [0.15, 0.2) is 0 Å². The highest BCUT2D eigenvalue weighted by atomic mass is 32.1. The number of fused-ring (bicyclic) bond motifs is 1. The van der Waals surface area contributed by atoms with Crippen LogP contribution in [0.5, 0.6) is 5.75 Å². The maximum atomic E-state index is 13.1. The highest BCUT2D eigenvalue weighted by Crippen LogP contribution is 2.38. The molecule has 0 bridgehead atoms. The summed E-state index contributed by atoms with van der Waals surface area (Å²) in [6.45, 7) is 8.12. The summed E-state index contributed by atoms with van der Waals surface area (Å²) in [5.74, 6) is -0.312. The van der Waals surface area contributed by atoms with E-state index in [9.17, 15) is 18.0 Å². The Hall–Kier alpha value is -2.87. The van der Waals surface area contributed by atoms with E-state index in [0.717, 1.165) is 50.8 Å². The zero-order valence-corrected chi connectivity index (χ0v) is 20.3. The van der Waals surface area contributed by atoms with Gasteiger partial charge >= 0.3 is 12.1 Å². The highest BCUT2D eigenvalue weighted by molar-refractivity contribution is 7.22. The molecule has 1 aromatic carbocycles. The van der Waals surface area contributed by atoms with Crippen molar-refractivity contribution in [3.8, 4) is 16.2 Å². The molecule has 8 heteroatoms. The lowest BCUT2D eigenvalue weighted by Crippen LogP contribution is -2.36. The fourth-order valence-electron chi connectivity index (χ4n) is 3.66. The van der Waals surface area contributed by atoms with E-state index in [1.807, 2.05) is 18.2 Å². The second kappa shape index (κ2) is 10.6. The van der Waals surface area contributed by atoms with Crippen LogP contribution in [0.2, 0.25) is 0 Å². The third-order valence-corrected chi connectivity index (χ3v) is 6.56. The van der Waals surface area contributed by atoms with Crippen LogP contribution in [0, 0.1) is 5.41 Å². The van der Waals surface area contributed by atoms with Gasteiger partial charge in [0.05, 0.1) is 13.0 Å². The van der Waals surface area contributed by atoms with Gasteiger partial charge in [-0.2, -0.15) is 13.2 Å². The smallest absolute Gasteiger partial charge is 0.389 e. The molecule has 4 nitrogen and oxygen atoms in total. The van der Waals surface area contributed by atoms with Gasteiger partial charge in [-0.15, -0.1) is 11.3 Å². The van der Waals surface area contributed by atoms with Crippen molar-refractivity contribution >= 4 is 27.4 Å². The molecule has 2 heterocycles. The van der Waals surface area contributed by atoms with Crippen LogP contribution in [0.25, 0.3) is 20.5 Å². The van der Waals surface area contributed by atoms with Gasteiger partial charge in [-0.05, 0) is 54.6 Å². The molecule has 0 aliphatic rings. The van der Waals surface area contributed by atoms with Crippen molar-refractivity contribution in [2.24, 2.45) is 5.41 Å². The van der Waals surface area contributed by atoms with E-state index in [-0.39, 0.29) is 6.61 Å². The zero-order valence-electron chi connectivity index (χ0n) is 19.5. The number of carbonyl (C=O) groups is 1. The predicted octanol–water partition coefficient (Wildman–Crippen LogP) is 7.15. The average Bonchev–Trinajstić information content (AvgIpc) is 3.23. The first-order valence-electron chi connectivity index (χ1n) is 11.1. The molecule has 0 fully saturated rings. The summed E-state index contributed by atoms with van der Waals surface area (Å²) >= 11 is 1.59. The molecule has 0 saturated carbocycles. The summed E-state index contributed by atoms with van der Waals surface area (Å²) in [6, 6.07) is 11.7. The standard InChI is InChI=1S/C26H28F3NO3S/c1-5-18-9-11-20(21(6-2)30-18)23-12-17-8-10-19(13-22(17)34-23)32-15-25(4,14-26(27,28)29)16-33-24(31)7-3/h7-13H,3,5-6,14-16H2,1-2,4H3. The number of ether oxygens (including phenoxy) is 2. The Morgan fingerprint density at radius 1 is 1.12 bits per heavy atom. The van der Waals surface area contributed by atoms with Crippen LogP contribution >= 0.6 is 11.3 Å². The topological polar surface area (TPSA) is 48.4 Å². The fraction of sp³-hybridized carbons (Fsp3) is 0.385. The van der Waals surface area contributed by atoms with Crippen LogP contribution in [0.3, 0.4) is 0 Å². The summed E-state index contributed by atoms with van der Waals surface area (Å²) in [5.41, 5.74) is 1.75. The number of pyridine rings is 1. The monoisotopic (exact) mass is 491 g/mol. The van der Waals surface area contributed by atoms with E-state index in [0.29, 0.717) is 5.75 Å². The lowest BCUT2D eigenvalue weighted by molar-refractivity contribution is -0.172. The molecule has 3 aromatic rings. The van der Waals surface area contributed by atoms with Crippen molar-refractivity contribution in [2.75, 3.05) is 13.2 Å². The number of benzene rings is 1. The Morgan fingerprint density at radius 3 is 2.53 bits per heavy atom. The first kappa shape index (κ1) is 25.7. The Bertz CT molecular complexity index is 1170. The number of hydrogen-bond acceptors (Lipinski definition) is 5. The van der Waals surface area contributed by atoms with Crippen LogP contribution in [-0.4, -0.2) is 30.3 Å². The summed E-state index contributed by atoms with van der Waals surface area (Å²) in [6.07, 6.45) is -2.95. The third kappa shape index (κ3) is 6.59. The van der Waals surface area contributed by atoms with Crippen molar-refractivity contribution < 1.29 is 27.4 Å². The van der Waals surface area contributed by atoms with Crippen molar-refractivity contribution in [1.29, 1.82) is 0 Å². The van der Waals surface area contributed by atoms with E-state index in [1.54, 1.807) is 17.4 Å². The van der Waals surface area contributed by atoms with Gasteiger partial charge in [-0.1, -0.05) is 27.4 Å². The lowest BCUT2D eigenvalue weighted by atomic mass is 9.88. The number of aromatic nitrogens is 1. The second-order valence-corrected chi connectivity index (χ2v) is 9.60. The zero-order chi connectivity index (χ0) is 24.9. The van der Waals surface area contributed by atoms with Gasteiger partial charge in [0.2, 0.25) is 0 Å². The summed E-state index contributed by atoms with van der Waals surface area (Å²) < 4.78 is 51.1. The molecule has 0 spiro atoms. The number of nitrogens with zero attached hydrogens (tertiary/aromatic N) is 1. The maximum absolute atomic E-state index is 13.1. The fourth-order valence-corrected chi connectivity index (χ4v) is 4.80. The highest BCUT2D eigenvalue weighted by Gasteiger charge is 2.41. The first-order chi connectivity index (χ1) is 16.1. The normalized spacial score (nSPS) is 13.5. The van der Waals surface area contributed by atoms with Gasteiger partial charge in [0.25, 0.3) is 0 Å². The molecule has 182 valence electrons.